The number of aryl methyl sites for hydroxylation is 1. The summed E-state index contributed by atoms with van der Waals surface area (Å²) < 4.78 is 0. The maximum atomic E-state index is 12.3. The van der Waals surface area contributed by atoms with E-state index in [2.05, 4.69) is 22.6 Å². The Kier molecular flexibility index (Phi) is 5.39. The summed E-state index contributed by atoms with van der Waals surface area (Å²) in [6, 6.07) is 13.8. The van der Waals surface area contributed by atoms with Crippen LogP contribution in [0.2, 0.25) is 0 Å². The van der Waals surface area contributed by atoms with Gasteiger partial charge in [0.15, 0.2) is 0 Å². The molecular formula is C20H20N2OS. The maximum absolute atomic E-state index is 12.3. The molecule has 2 aromatic heterocycles. The van der Waals surface area contributed by atoms with Gasteiger partial charge in [-0.15, -0.1) is 0 Å². The first-order valence-corrected chi connectivity index (χ1v) is 9.05. The van der Waals surface area contributed by atoms with Crippen LogP contribution in [0.15, 0.2) is 59.4 Å². The van der Waals surface area contributed by atoms with Gasteiger partial charge in [-0.1, -0.05) is 25.5 Å². The molecule has 0 bridgehead atoms. The fraction of sp³-hybridized carbons (Fsp3) is 0.200. The molecule has 3 rings (SSSR count). The number of benzene rings is 1. The summed E-state index contributed by atoms with van der Waals surface area (Å²) in [5, 5.41) is 7.08. The van der Waals surface area contributed by atoms with Gasteiger partial charge < -0.3 is 5.32 Å². The summed E-state index contributed by atoms with van der Waals surface area (Å²) in [6.45, 7) is 2.65. The first-order valence-electron chi connectivity index (χ1n) is 8.11. The topological polar surface area (TPSA) is 42.0 Å². The fourth-order valence-corrected chi connectivity index (χ4v) is 3.20. The molecule has 1 amide bonds. The van der Waals surface area contributed by atoms with Gasteiger partial charge in [-0.3, -0.25) is 9.78 Å². The first-order chi connectivity index (χ1) is 11.8. The highest BCUT2D eigenvalue weighted by atomic mass is 32.1. The number of carbonyl (C=O) groups excluding carboxylic acids is 1. The maximum Gasteiger partial charge on any atom is 0.251 e. The average Bonchev–Trinajstić information content (AvgIpc) is 3.16. The zero-order chi connectivity index (χ0) is 16.8. The minimum atomic E-state index is -0.0491. The zero-order valence-electron chi connectivity index (χ0n) is 13.7. The number of carbonyl (C=O) groups is 1. The largest absolute Gasteiger partial charge is 0.348 e. The van der Waals surface area contributed by atoms with Crippen LogP contribution in [0.3, 0.4) is 0 Å². The first kappa shape index (κ1) is 16.4. The summed E-state index contributed by atoms with van der Waals surface area (Å²) in [5.41, 5.74) is 5.05. The van der Waals surface area contributed by atoms with Gasteiger partial charge in [0.25, 0.3) is 5.91 Å². The zero-order valence-corrected chi connectivity index (χ0v) is 14.5. The number of aromatic nitrogens is 1. The minimum absolute atomic E-state index is 0.0491. The molecule has 0 saturated carbocycles. The van der Waals surface area contributed by atoms with Crippen molar-refractivity contribution in [2.75, 3.05) is 0 Å². The summed E-state index contributed by atoms with van der Waals surface area (Å²) in [5.74, 6) is -0.0491. The van der Waals surface area contributed by atoms with Crippen molar-refractivity contribution >= 4 is 17.2 Å². The Labute approximate surface area is 146 Å². The normalized spacial score (nSPS) is 10.5. The number of nitrogens with zero attached hydrogens (tertiary/aromatic N) is 1. The van der Waals surface area contributed by atoms with E-state index in [-0.39, 0.29) is 5.91 Å². The third-order valence-corrected chi connectivity index (χ3v) is 4.53. The van der Waals surface area contributed by atoms with Crippen LogP contribution in [-0.4, -0.2) is 10.9 Å². The van der Waals surface area contributed by atoms with Crippen molar-refractivity contribution in [1.29, 1.82) is 0 Å². The molecule has 3 aromatic rings. The summed E-state index contributed by atoms with van der Waals surface area (Å²) in [4.78, 5) is 16.7. The summed E-state index contributed by atoms with van der Waals surface area (Å²) in [7, 11) is 0. The Bertz CT molecular complexity index is 795. The fourth-order valence-electron chi connectivity index (χ4n) is 2.55. The van der Waals surface area contributed by atoms with E-state index >= 15 is 0 Å². The quantitative estimate of drug-likeness (QED) is 0.709. The second kappa shape index (κ2) is 7.88. The number of rotatable bonds is 6. The van der Waals surface area contributed by atoms with E-state index in [0.29, 0.717) is 12.1 Å². The molecule has 1 N–H and O–H groups in total. The second-order valence-corrected chi connectivity index (χ2v) is 6.47. The molecule has 0 aliphatic heterocycles. The summed E-state index contributed by atoms with van der Waals surface area (Å²) >= 11 is 1.65. The molecule has 0 atom stereocenters. The molecule has 0 spiro atoms. The van der Waals surface area contributed by atoms with E-state index in [1.807, 2.05) is 47.8 Å². The average molecular weight is 336 g/mol. The molecule has 122 valence electrons. The van der Waals surface area contributed by atoms with Crippen molar-refractivity contribution < 1.29 is 4.79 Å². The Morgan fingerprint density at radius 1 is 1.12 bits per heavy atom. The Morgan fingerprint density at radius 3 is 2.67 bits per heavy atom. The standard InChI is InChI=1S/C20H20N2OS/c1-2-3-15-4-6-17(7-5-15)20(23)22-13-16-8-10-21-19(12-16)18-9-11-24-14-18/h4-12,14H,2-3,13H2,1H3,(H,22,23). The molecule has 24 heavy (non-hydrogen) atoms. The molecule has 0 fully saturated rings. The van der Waals surface area contributed by atoms with Gasteiger partial charge >= 0.3 is 0 Å². The molecular weight excluding hydrogens is 316 g/mol. The number of thiophene rings is 1. The lowest BCUT2D eigenvalue weighted by atomic mass is 10.1. The highest BCUT2D eigenvalue weighted by Gasteiger charge is 2.06. The van der Waals surface area contributed by atoms with Gasteiger partial charge in [0.05, 0.1) is 5.69 Å². The highest BCUT2D eigenvalue weighted by molar-refractivity contribution is 7.08. The molecule has 0 radical (unpaired) electrons. The van der Waals surface area contributed by atoms with Crippen molar-refractivity contribution in [3.63, 3.8) is 0 Å². The molecule has 1 aromatic carbocycles. The van der Waals surface area contributed by atoms with Crippen LogP contribution in [0.1, 0.15) is 34.8 Å². The number of nitrogens with one attached hydrogen (secondary N) is 1. The van der Waals surface area contributed by atoms with Gasteiger partial charge in [-0.05, 0) is 53.3 Å². The molecule has 0 aliphatic carbocycles. The van der Waals surface area contributed by atoms with E-state index in [1.54, 1.807) is 17.5 Å². The van der Waals surface area contributed by atoms with Crippen LogP contribution in [0.4, 0.5) is 0 Å². The number of pyridine rings is 1. The lowest BCUT2D eigenvalue weighted by Gasteiger charge is -2.07. The van der Waals surface area contributed by atoms with Crippen molar-refractivity contribution in [3.05, 3.63) is 76.1 Å². The lowest BCUT2D eigenvalue weighted by molar-refractivity contribution is 0.0951. The molecule has 0 aliphatic rings. The van der Waals surface area contributed by atoms with Crippen LogP contribution in [0.5, 0.6) is 0 Å². The third-order valence-electron chi connectivity index (χ3n) is 3.85. The van der Waals surface area contributed by atoms with Crippen LogP contribution in [-0.2, 0) is 13.0 Å². The number of hydrogen-bond acceptors (Lipinski definition) is 3. The second-order valence-electron chi connectivity index (χ2n) is 5.69. The van der Waals surface area contributed by atoms with E-state index in [9.17, 15) is 4.79 Å². The van der Waals surface area contributed by atoms with Crippen molar-refractivity contribution in [3.8, 4) is 11.3 Å². The van der Waals surface area contributed by atoms with Crippen molar-refractivity contribution in [1.82, 2.24) is 10.3 Å². The lowest BCUT2D eigenvalue weighted by Crippen LogP contribution is -2.22. The third kappa shape index (κ3) is 4.09. The van der Waals surface area contributed by atoms with E-state index in [0.717, 1.165) is 29.7 Å². The monoisotopic (exact) mass is 336 g/mol. The van der Waals surface area contributed by atoms with Gasteiger partial charge in [0.1, 0.15) is 0 Å². The Morgan fingerprint density at radius 2 is 1.96 bits per heavy atom. The SMILES string of the molecule is CCCc1ccc(C(=O)NCc2ccnc(-c3ccsc3)c2)cc1. The van der Waals surface area contributed by atoms with E-state index in [4.69, 9.17) is 0 Å². The van der Waals surface area contributed by atoms with Crippen LogP contribution >= 0.6 is 11.3 Å². The van der Waals surface area contributed by atoms with E-state index in [1.165, 1.54) is 5.56 Å². The Balaban J connectivity index is 1.63. The number of hydrogen-bond donors (Lipinski definition) is 1. The van der Waals surface area contributed by atoms with Gasteiger partial charge in [0.2, 0.25) is 0 Å². The highest BCUT2D eigenvalue weighted by Crippen LogP contribution is 2.20. The predicted octanol–water partition coefficient (Wildman–Crippen LogP) is 4.69. The summed E-state index contributed by atoms with van der Waals surface area (Å²) in [6.07, 6.45) is 3.94. The smallest absolute Gasteiger partial charge is 0.251 e. The predicted molar refractivity (Wildman–Crippen MR) is 99.2 cm³/mol. The molecule has 0 unspecified atom stereocenters. The van der Waals surface area contributed by atoms with Crippen LogP contribution < -0.4 is 5.32 Å². The van der Waals surface area contributed by atoms with E-state index < -0.39 is 0 Å². The van der Waals surface area contributed by atoms with Gasteiger partial charge in [-0.2, -0.15) is 11.3 Å². The molecule has 4 heteroatoms. The number of amides is 1. The van der Waals surface area contributed by atoms with Crippen LogP contribution in [0.25, 0.3) is 11.3 Å². The van der Waals surface area contributed by atoms with Gasteiger partial charge in [-0.25, -0.2) is 0 Å². The van der Waals surface area contributed by atoms with Crippen LogP contribution in [0, 0.1) is 0 Å². The molecule has 2 heterocycles. The molecule has 0 saturated heterocycles. The van der Waals surface area contributed by atoms with Crippen molar-refractivity contribution in [2.45, 2.75) is 26.3 Å². The minimum Gasteiger partial charge on any atom is -0.348 e. The van der Waals surface area contributed by atoms with Gasteiger partial charge in [0, 0.05) is 29.2 Å². The Hall–Kier alpha value is -2.46. The molecule has 3 nitrogen and oxygen atoms in total. The van der Waals surface area contributed by atoms with Crippen molar-refractivity contribution in [2.24, 2.45) is 0 Å².